The molecule has 0 spiro atoms. The highest BCUT2D eigenvalue weighted by molar-refractivity contribution is 5.91. The Morgan fingerprint density at radius 3 is 2.53 bits per heavy atom. The Bertz CT molecular complexity index is 625. The molecule has 100 valence electrons. The number of nitrogens with two attached hydrogens (primary N) is 1. The lowest BCUT2D eigenvalue weighted by Gasteiger charge is -2.09. The summed E-state index contributed by atoms with van der Waals surface area (Å²) < 4.78 is 6.37. The van der Waals surface area contributed by atoms with Gasteiger partial charge in [-0.3, -0.25) is 4.68 Å². The van der Waals surface area contributed by atoms with E-state index < -0.39 is 0 Å². The number of carbonyl (C=O) groups excluding carboxylic acids is 1. The molecule has 0 amide bonds. The Kier molecular flexibility index (Phi) is 3.29. The van der Waals surface area contributed by atoms with E-state index >= 15 is 0 Å². The highest BCUT2D eigenvalue weighted by Crippen LogP contribution is 2.27. The molecule has 1 aromatic carbocycles. The normalized spacial score (nSPS) is 10.5. The van der Waals surface area contributed by atoms with Crippen molar-refractivity contribution in [3.8, 4) is 11.3 Å². The van der Waals surface area contributed by atoms with E-state index in [0.29, 0.717) is 11.4 Å². The maximum Gasteiger partial charge on any atom is 0.337 e. The quantitative estimate of drug-likeness (QED) is 0.838. The summed E-state index contributed by atoms with van der Waals surface area (Å²) in [5, 5.41) is 4.35. The van der Waals surface area contributed by atoms with Gasteiger partial charge in [-0.2, -0.15) is 5.10 Å². The first-order valence-electron chi connectivity index (χ1n) is 5.93. The molecule has 1 heterocycles. The number of carbonyl (C=O) groups is 1. The van der Waals surface area contributed by atoms with E-state index in [1.165, 1.54) is 7.11 Å². The number of ether oxygens (including phenoxy) is 1. The van der Waals surface area contributed by atoms with Gasteiger partial charge in [0.25, 0.3) is 0 Å². The number of nitrogens with zero attached hydrogens (tertiary/aromatic N) is 2. The molecule has 5 nitrogen and oxygen atoms in total. The number of aryl methyl sites for hydroxylation is 2. The fraction of sp³-hybridized carbons (Fsp3) is 0.286. The molecule has 0 fully saturated rings. The second-order valence-electron chi connectivity index (χ2n) is 4.54. The van der Waals surface area contributed by atoms with Gasteiger partial charge in [0.05, 0.1) is 18.4 Å². The number of anilines is 1. The molecule has 5 heteroatoms. The fourth-order valence-corrected chi connectivity index (χ4v) is 1.97. The molecule has 2 N–H and O–H groups in total. The van der Waals surface area contributed by atoms with Gasteiger partial charge in [0.15, 0.2) is 0 Å². The SMILES string of the molecule is COC(=O)c1cc(C)c(C)c(-c2cc(N)n(C)n2)c1. The molecule has 0 bridgehead atoms. The largest absolute Gasteiger partial charge is 0.465 e. The van der Waals surface area contributed by atoms with E-state index in [1.807, 2.05) is 19.9 Å². The standard InChI is InChI=1S/C14H17N3O2/c1-8-5-10(14(18)19-4)6-11(9(8)2)12-7-13(15)17(3)16-12/h5-7H,15H2,1-4H3. The van der Waals surface area contributed by atoms with E-state index in [4.69, 9.17) is 10.5 Å². The summed E-state index contributed by atoms with van der Waals surface area (Å²) in [7, 11) is 3.15. The van der Waals surface area contributed by atoms with E-state index in [0.717, 1.165) is 22.4 Å². The molecule has 0 saturated heterocycles. The molecular weight excluding hydrogens is 242 g/mol. The second-order valence-corrected chi connectivity index (χ2v) is 4.54. The van der Waals surface area contributed by atoms with Crippen molar-refractivity contribution in [2.45, 2.75) is 13.8 Å². The van der Waals surface area contributed by atoms with Crippen molar-refractivity contribution in [1.82, 2.24) is 9.78 Å². The summed E-state index contributed by atoms with van der Waals surface area (Å²) in [6, 6.07) is 5.40. The van der Waals surface area contributed by atoms with E-state index in [2.05, 4.69) is 5.10 Å². The third-order valence-corrected chi connectivity index (χ3v) is 3.28. The van der Waals surface area contributed by atoms with Gasteiger partial charge in [-0.05, 0) is 37.1 Å². The minimum atomic E-state index is -0.353. The zero-order valence-electron chi connectivity index (χ0n) is 11.5. The average Bonchev–Trinajstić information content (AvgIpc) is 2.71. The number of aromatic nitrogens is 2. The molecule has 0 aliphatic heterocycles. The van der Waals surface area contributed by atoms with Crippen molar-refractivity contribution >= 4 is 11.8 Å². The molecule has 0 unspecified atom stereocenters. The zero-order chi connectivity index (χ0) is 14.2. The summed E-state index contributed by atoms with van der Waals surface area (Å²) in [6.45, 7) is 3.95. The maximum atomic E-state index is 11.7. The van der Waals surface area contributed by atoms with Crippen LogP contribution in [0.3, 0.4) is 0 Å². The minimum absolute atomic E-state index is 0.353. The number of esters is 1. The van der Waals surface area contributed by atoms with Crippen LogP contribution in [0.25, 0.3) is 11.3 Å². The molecule has 0 saturated carbocycles. The van der Waals surface area contributed by atoms with Crippen molar-refractivity contribution in [3.05, 3.63) is 34.9 Å². The lowest BCUT2D eigenvalue weighted by Crippen LogP contribution is -2.03. The fourth-order valence-electron chi connectivity index (χ4n) is 1.97. The van der Waals surface area contributed by atoms with Crippen molar-refractivity contribution in [3.63, 3.8) is 0 Å². The third kappa shape index (κ3) is 2.31. The van der Waals surface area contributed by atoms with Gasteiger partial charge < -0.3 is 10.5 Å². The van der Waals surface area contributed by atoms with E-state index in [9.17, 15) is 4.79 Å². The first-order valence-corrected chi connectivity index (χ1v) is 5.93. The molecule has 0 aliphatic carbocycles. The van der Waals surface area contributed by atoms with Gasteiger partial charge in [-0.15, -0.1) is 0 Å². The average molecular weight is 259 g/mol. The Labute approximate surface area is 112 Å². The van der Waals surface area contributed by atoms with Crippen LogP contribution in [0.1, 0.15) is 21.5 Å². The number of hydrogen-bond donors (Lipinski definition) is 1. The van der Waals surface area contributed by atoms with Gasteiger partial charge in [0.2, 0.25) is 0 Å². The first kappa shape index (κ1) is 13.1. The molecule has 0 radical (unpaired) electrons. The Morgan fingerprint density at radius 1 is 1.32 bits per heavy atom. The van der Waals surface area contributed by atoms with Crippen LogP contribution < -0.4 is 5.73 Å². The van der Waals surface area contributed by atoms with E-state index in [-0.39, 0.29) is 5.97 Å². The Hall–Kier alpha value is -2.30. The van der Waals surface area contributed by atoms with Crippen LogP contribution in [0, 0.1) is 13.8 Å². The molecule has 1 aromatic heterocycles. The first-order chi connectivity index (χ1) is 8.93. The minimum Gasteiger partial charge on any atom is -0.465 e. The predicted octanol–water partition coefficient (Wildman–Crippen LogP) is 2.07. The van der Waals surface area contributed by atoms with E-state index in [1.54, 1.807) is 23.9 Å². The number of methoxy groups -OCH3 is 1. The number of hydrogen-bond acceptors (Lipinski definition) is 4. The lowest BCUT2D eigenvalue weighted by atomic mass is 9.97. The van der Waals surface area contributed by atoms with Crippen molar-refractivity contribution < 1.29 is 9.53 Å². The van der Waals surface area contributed by atoms with Crippen LogP contribution in [0.5, 0.6) is 0 Å². The summed E-state index contributed by atoms with van der Waals surface area (Å²) >= 11 is 0. The summed E-state index contributed by atoms with van der Waals surface area (Å²) in [4.78, 5) is 11.7. The predicted molar refractivity (Wildman–Crippen MR) is 73.9 cm³/mol. The number of rotatable bonds is 2. The summed E-state index contributed by atoms with van der Waals surface area (Å²) in [6.07, 6.45) is 0. The summed E-state index contributed by atoms with van der Waals surface area (Å²) in [5.41, 5.74) is 10.1. The summed E-state index contributed by atoms with van der Waals surface area (Å²) in [5.74, 6) is 0.226. The lowest BCUT2D eigenvalue weighted by molar-refractivity contribution is 0.0600. The monoisotopic (exact) mass is 259 g/mol. The van der Waals surface area contributed by atoms with Gasteiger partial charge in [0, 0.05) is 18.7 Å². The van der Waals surface area contributed by atoms with Crippen molar-refractivity contribution in [2.24, 2.45) is 7.05 Å². The number of benzene rings is 1. The van der Waals surface area contributed by atoms with Crippen LogP contribution >= 0.6 is 0 Å². The van der Waals surface area contributed by atoms with Gasteiger partial charge in [0.1, 0.15) is 5.82 Å². The Morgan fingerprint density at radius 2 is 2.00 bits per heavy atom. The molecule has 2 aromatic rings. The van der Waals surface area contributed by atoms with Crippen LogP contribution in [0.15, 0.2) is 18.2 Å². The van der Waals surface area contributed by atoms with Crippen molar-refractivity contribution in [1.29, 1.82) is 0 Å². The molecule has 2 rings (SSSR count). The van der Waals surface area contributed by atoms with Gasteiger partial charge in [-0.1, -0.05) is 0 Å². The van der Waals surface area contributed by atoms with Crippen LogP contribution in [-0.4, -0.2) is 22.9 Å². The smallest absolute Gasteiger partial charge is 0.337 e. The van der Waals surface area contributed by atoms with Crippen LogP contribution in [0.2, 0.25) is 0 Å². The maximum absolute atomic E-state index is 11.7. The van der Waals surface area contributed by atoms with Crippen LogP contribution in [-0.2, 0) is 11.8 Å². The second kappa shape index (κ2) is 4.76. The highest BCUT2D eigenvalue weighted by atomic mass is 16.5. The molecule has 0 aliphatic rings. The topological polar surface area (TPSA) is 70.1 Å². The number of nitrogen functional groups attached to an aromatic ring is 1. The highest BCUT2D eigenvalue weighted by Gasteiger charge is 2.14. The van der Waals surface area contributed by atoms with Crippen molar-refractivity contribution in [2.75, 3.05) is 12.8 Å². The van der Waals surface area contributed by atoms with Gasteiger partial charge >= 0.3 is 5.97 Å². The zero-order valence-corrected chi connectivity index (χ0v) is 11.5. The third-order valence-electron chi connectivity index (χ3n) is 3.28. The molecular formula is C14H17N3O2. The van der Waals surface area contributed by atoms with Gasteiger partial charge in [-0.25, -0.2) is 4.79 Å². The Balaban J connectivity index is 2.62. The molecule has 19 heavy (non-hydrogen) atoms. The van der Waals surface area contributed by atoms with Crippen LogP contribution in [0.4, 0.5) is 5.82 Å². The molecule has 0 atom stereocenters.